The van der Waals surface area contributed by atoms with Crippen LogP contribution in [0.5, 0.6) is 5.75 Å². The highest BCUT2D eigenvalue weighted by atomic mass is 16.5. The molecule has 17 heavy (non-hydrogen) atoms. The zero-order valence-corrected chi connectivity index (χ0v) is 10.8. The molecule has 0 radical (unpaired) electrons. The molecular weight excluding hydrogens is 216 g/mol. The van der Waals surface area contributed by atoms with Crippen LogP contribution in [0.2, 0.25) is 0 Å². The Kier molecular flexibility index (Phi) is 5.25. The fourth-order valence-corrected chi connectivity index (χ4v) is 1.63. The van der Waals surface area contributed by atoms with Crippen LogP contribution < -0.4 is 10.6 Å². The number of benzene rings is 1. The Morgan fingerprint density at radius 1 is 1.47 bits per heavy atom. The highest BCUT2D eigenvalue weighted by Gasteiger charge is 2.08. The van der Waals surface area contributed by atoms with Crippen molar-refractivity contribution in [2.45, 2.75) is 19.9 Å². The summed E-state index contributed by atoms with van der Waals surface area (Å²) in [4.78, 5) is 2.04. The highest BCUT2D eigenvalue weighted by Crippen LogP contribution is 2.27. The summed E-state index contributed by atoms with van der Waals surface area (Å²) in [5.74, 6) is 0.251. The Labute approximate surface area is 103 Å². The van der Waals surface area contributed by atoms with Crippen LogP contribution in [0.1, 0.15) is 25.5 Å². The van der Waals surface area contributed by atoms with E-state index in [9.17, 15) is 5.11 Å². The summed E-state index contributed by atoms with van der Waals surface area (Å²) in [5.41, 5.74) is 7.48. The van der Waals surface area contributed by atoms with E-state index in [1.165, 1.54) is 0 Å². The van der Waals surface area contributed by atoms with Crippen molar-refractivity contribution >= 4 is 5.69 Å². The fourth-order valence-electron chi connectivity index (χ4n) is 1.63. The number of rotatable bonds is 6. The minimum absolute atomic E-state index is 0.155. The number of nitrogens with two attached hydrogens (primary N) is 1. The molecule has 4 nitrogen and oxygen atoms in total. The van der Waals surface area contributed by atoms with Crippen molar-refractivity contribution < 1.29 is 9.84 Å². The number of likely N-dealkylation sites (N-methyl/N-ethyl adjacent to an activating group) is 1. The van der Waals surface area contributed by atoms with E-state index in [0.29, 0.717) is 6.61 Å². The molecule has 96 valence electrons. The van der Waals surface area contributed by atoms with Gasteiger partial charge < -0.3 is 20.5 Å². The molecule has 0 aliphatic carbocycles. The van der Waals surface area contributed by atoms with Crippen molar-refractivity contribution in [1.82, 2.24) is 0 Å². The largest absolute Gasteiger partial charge is 0.508 e. The van der Waals surface area contributed by atoms with Gasteiger partial charge in [0.15, 0.2) is 0 Å². The average molecular weight is 238 g/mol. The monoisotopic (exact) mass is 238 g/mol. The maximum atomic E-state index is 9.84. The summed E-state index contributed by atoms with van der Waals surface area (Å²) in [7, 11) is 1.97. The van der Waals surface area contributed by atoms with Gasteiger partial charge in [-0.3, -0.25) is 0 Å². The second-order valence-corrected chi connectivity index (χ2v) is 4.15. The number of phenolic OH excluding ortho intramolecular Hbond substituents is 1. The molecular formula is C13H22N2O2. The van der Waals surface area contributed by atoms with Crippen molar-refractivity contribution in [3.8, 4) is 5.75 Å². The first kappa shape index (κ1) is 13.8. The molecule has 0 aromatic heterocycles. The van der Waals surface area contributed by atoms with E-state index in [4.69, 9.17) is 10.5 Å². The first-order chi connectivity index (χ1) is 8.06. The predicted octanol–water partition coefficient (Wildman–Crippen LogP) is 1.88. The number of hydrogen-bond acceptors (Lipinski definition) is 4. The summed E-state index contributed by atoms with van der Waals surface area (Å²) < 4.78 is 5.29. The Morgan fingerprint density at radius 3 is 2.71 bits per heavy atom. The van der Waals surface area contributed by atoms with Crippen LogP contribution in [0.25, 0.3) is 0 Å². The van der Waals surface area contributed by atoms with Gasteiger partial charge in [-0.2, -0.15) is 0 Å². The van der Waals surface area contributed by atoms with Gasteiger partial charge >= 0.3 is 0 Å². The lowest BCUT2D eigenvalue weighted by Gasteiger charge is -2.20. The Balaban J connectivity index is 2.69. The van der Waals surface area contributed by atoms with E-state index in [1.54, 1.807) is 6.07 Å². The van der Waals surface area contributed by atoms with Crippen molar-refractivity contribution in [3.63, 3.8) is 0 Å². The minimum atomic E-state index is -0.155. The van der Waals surface area contributed by atoms with Crippen LogP contribution in [-0.2, 0) is 4.74 Å². The first-order valence-corrected chi connectivity index (χ1v) is 5.93. The number of ether oxygens (including phenoxy) is 1. The molecule has 0 fully saturated rings. The zero-order chi connectivity index (χ0) is 12.8. The summed E-state index contributed by atoms with van der Waals surface area (Å²) in [6, 6.07) is 5.42. The summed E-state index contributed by atoms with van der Waals surface area (Å²) in [5, 5.41) is 9.84. The Hall–Kier alpha value is -1.26. The Morgan fingerprint density at radius 2 is 2.18 bits per heavy atom. The maximum Gasteiger partial charge on any atom is 0.122 e. The van der Waals surface area contributed by atoms with Gasteiger partial charge in [0.05, 0.1) is 6.61 Å². The molecule has 0 aliphatic heterocycles. The summed E-state index contributed by atoms with van der Waals surface area (Å²) in [6.45, 7) is 6.03. The number of phenols is 1. The third-order valence-electron chi connectivity index (χ3n) is 2.72. The molecule has 0 spiro atoms. The SMILES string of the molecule is CCOCCN(C)c1ccc(C(C)N)c(O)c1. The summed E-state index contributed by atoms with van der Waals surface area (Å²) in [6.07, 6.45) is 0. The lowest BCUT2D eigenvalue weighted by atomic mass is 10.1. The molecule has 4 heteroatoms. The van der Waals surface area contributed by atoms with Gasteiger partial charge in [-0.15, -0.1) is 0 Å². The van der Waals surface area contributed by atoms with Gasteiger partial charge in [0.2, 0.25) is 0 Å². The summed E-state index contributed by atoms with van der Waals surface area (Å²) >= 11 is 0. The van der Waals surface area contributed by atoms with Gasteiger partial charge in [0, 0.05) is 43.6 Å². The Bertz CT molecular complexity index is 353. The molecule has 0 saturated heterocycles. The second-order valence-electron chi connectivity index (χ2n) is 4.15. The molecule has 1 rings (SSSR count). The molecule has 3 N–H and O–H groups in total. The van der Waals surface area contributed by atoms with E-state index in [-0.39, 0.29) is 11.8 Å². The van der Waals surface area contributed by atoms with Crippen LogP contribution in [0.15, 0.2) is 18.2 Å². The molecule has 1 atom stereocenters. The van der Waals surface area contributed by atoms with Gasteiger partial charge in [0.1, 0.15) is 5.75 Å². The molecule has 0 amide bonds. The number of aromatic hydroxyl groups is 1. The fraction of sp³-hybridized carbons (Fsp3) is 0.538. The highest BCUT2D eigenvalue weighted by molar-refractivity contribution is 5.53. The molecule has 0 aliphatic rings. The van der Waals surface area contributed by atoms with Crippen LogP contribution in [-0.4, -0.2) is 31.9 Å². The molecule has 1 aromatic rings. The molecule has 1 unspecified atom stereocenters. The normalized spacial score (nSPS) is 12.5. The number of nitrogens with zero attached hydrogens (tertiary/aromatic N) is 1. The zero-order valence-electron chi connectivity index (χ0n) is 10.8. The van der Waals surface area contributed by atoms with Gasteiger partial charge in [-0.1, -0.05) is 6.07 Å². The van der Waals surface area contributed by atoms with E-state index in [2.05, 4.69) is 0 Å². The lowest BCUT2D eigenvalue weighted by molar-refractivity contribution is 0.154. The van der Waals surface area contributed by atoms with E-state index in [1.807, 2.05) is 37.9 Å². The van der Waals surface area contributed by atoms with Crippen LogP contribution >= 0.6 is 0 Å². The van der Waals surface area contributed by atoms with Crippen molar-refractivity contribution in [3.05, 3.63) is 23.8 Å². The van der Waals surface area contributed by atoms with Crippen molar-refractivity contribution in [2.75, 3.05) is 31.7 Å². The van der Waals surface area contributed by atoms with Crippen LogP contribution in [0.4, 0.5) is 5.69 Å². The number of hydrogen-bond donors (Lipinski definition) is 2. The topological polar surface area (TPSA) is 58.7 Å². The predicted molar refractivity (Wildman–Crippen MR) is 70.5 cm³/mol. The first-order valence-electron chi connectivity index (χ1n) is 5.93. The van der Waals surface area contributed by atoms with Crippen molar-refractivity contribution in [1.29, 1.82) is 0 Å². The standard InChI is InChI=1S/C13H22N2O2/c1-4-17-8-7-15(3)11-5-6-12(10(2)14)13(16)9-11/h5-6,9-10,16H,4,7-8,14H2,1-3H3. The second kappa shape index (κ2) is 6.47. The van der Waals surface area contributed by atoms with Gasteiger partial charge in [-0.25, -0.2) is 0 Å². The van der Waals surface area contributed by atoms with E-state index in [0.717, 1.165) is 24.4 Å². The molecule has 1 aromatic carbocycles. The van der Waals surface area contributed by atoms with E-state index < -0.39 is 0 Å². The third-order valence-corrected chi connectivity index (χ3v) is 2.72. The molecule has 0 saturated carbocycles. The molecule has 0 bridgehead atoms. The van der Waals surface area contributed by atoms with Gasteiger partial charge in [0.25, 0.3) is 0 Å². The quantitative estimate of drug-likeness (QED) is 0.743. The van der Waals surface area contributed by atoms with Crippen LogP contribution in [0, 0.1) is 0 Å². The average Bonchev–Trinajstić information content (AvgIpc) is 2.28. The maximum absolute atomic E-state index is 9.84. The third kappa shape index (κ3) is 3.91. The number of anilines is 1. The van der Waals surface area contributed by atoms with Crippen LogP contribution in [0.3, 0.4) is 0 Å². The minimum Gasteiger partial charge on any atom is -0.508 e. The lowest BCUT2D eigenvalue weighted by Crippen LogP contribution is -2.22. The smallest absolute Gasteiger partial charge is 0.122 e. The van der Waals surface area contributed by atoms with E-state index >= 15 is 0 Å². The molecule has 0 heterocycles. The van der Waals surface area contributed by atoms with Gasteiger partial charge in [-0.05, 0) is 19.9 Å². The van der Waals surface area contributed by atoms with Crippen molar-refractivity contribution in [2.24, 2.45) is 5.73 Å².